The Morgan fingerprint density at radius 2 is 1.83 bits per heavy atom. The Balaban J connectivity index is 1.46. The quantitative estimate of drug-likeness (QED) is 0.724. The van der Waals surface area contributed by atoms with E-state index in [1.165, 1.54) is 16.7 Å². The molecule has 2 atom stereocenters. The summed E-state index contributed by atoms with van der Waals surface area (Å²) in [6.45, 7) is 9.76. The number of rotatable bonds is 6. The van der Waals surface area contributed by atoms with Crippen LogP contribution in [-0.2, 0) is 11.3 Å². The maximum absolute atomic E-state index is 6.16. The molecule has 0 radical (unpaired) electrons. The van der Waals surface area contributed by atoms with Crippen molar-refractivity contribution in [1.82, 2.24) is 9.80 Å². The van der Waals surface area contributed by atoms with Crippen molar-refractivity contribution in [3.8, 4) is 11.5 Å². The van der Waals surface area contributed by atoms with E-state index in [0.29, 0.717) is 18.6 Å². The van der Waals surface area contributed by atoms with E-state index in [-0.39, 0.29) is 6.10 Å². The zero-order valence-corrected chi connectivity index (χ0v) is 18.6. The maximum atomic E-state index is 6.16. The van der Waals surface area contributed by atoms with Crippen LogP contribution in [0.1, 0.15) is 36.5 Å². The molecule has 5 nitrogen and oxygen atoms in total. The van der Waals surface area contributed by atoms with Crippen LogP contribution in [0.5, 0.6) is 11.5 Å². The van der Waals surface area contributed by atoms with Crippen LogP contribution >= 0.6 is 0 Å². The molecule has 0 aromatic heterocycles. The molecule has 4 rings (SSSR count). The SMILES string of the molecule is COc1ccc(C2CN(C)Cc3cc(OC[C@H]4CN(C(C)C)CCO4)ccc32)cc1. The van der Waals surface area contributed by atoms with Crippen LogP contribution < -0.4 is 9.47 Å². The largest absolute Gasteiger partial charge is 0.497 e. The second-order valence-corrected chi connectivity index (χ2v) is 8.78. The van der Waals surface area contributed by atoms with Crippen LogP contribution in [0, 0.1) is 0 Å². The van der Waals surface area contributed by atoms with Gasteiger partial charge >= 0.3 is 0 Å². The first-order valence-corrected chi connectivity index (χ1v) is 11.0. The lowest BCUT2D eigenvalue weighted by Crippen LogP contribution is -2.47. The summed E-state index contributed by atoms with van der Waals surface area (Å²) >= 11 is 0. The summed E-state index contributed by atoms with van der Waals surface area (Å²) in [5, 5.41) is 0. The van der Waals surface area contributed by atoms with Gasteiger partial charge in [-0.25, -0.2) is 0 Å². The molecule has 2 aromatic carbocycles. The highest BCUT2D eigenvalue weighted by Gasteiger charge is 2.26. The second-order valence-electron chi connectivity index (χ2n) is 8.78. The molecule has 0 bridgehead atoms. The molecule has 0 amide bonds. The molecule has 2 heterocycles. The third-order valence-electron chi connectivity index (χ3n) is 6.28. The number of hydrogen-bond acceptors (Lipinski definition) is 5. The summed E-state index contributed by atoms with van der Waals surface area (Å²) < 4.78 is 17.4. The fourth-order valence-corrected chi connectivity index (χ4v) is 4.54. The van der Waals surface area contributed by atoms with Gasteiger partial charge in [0.25, 0.3) is 0 Å². The lowest BCUT2D eigenvalue weighted by atomic mass is 9.84. The van der Waals surface area contributed by atoms with Gasteiger partial charge in [0.2, 0.25) is 0 Å². The molecule has 0 N–H and O–H groups in total. The summed E-state index contributed by atoms with van der Waals surface area (Å²) in [7, 11) is 3.89. The summed E-state index contributed by atoms with van der Waals surface area (Å²) in [5.41, 5.74) is 4.06. The van der Waals surface area contributed by atoms with Gasteiger partial charge in [0.05, 0.1) is 13.7 Å². The Labute approximate surface area is 180 Å². The van der Waals surface area contributed by atoms with Gasteiger partial charge in [-0.15, -0.1) is 0 Å². The average molecular weight is 411 g/mol. The third kappa shape index (κ3) is 4.80. The monoisotopic (exact) mass is 410 g/mol. The van der Waals surface area contributed by atoms with E-state index in [9.17, 15) is 0 Å². The summed E-state index contributed by atoms with van der Waals surface area (Å²) in [6.07, 6.45) is 0.131. The molecule has 0 aliphatic carbocycles. The van der Waals surface area contributed by atoms with Gasteiger partial charge in [-0.2, -0.15) is 0 Å². The van der Waals surface area contributed by atoms with Crippen molar-refractivity contribution in [1.29, 1.82) is 0 Å². The number of likely N-dealkylation sites (N-methyl/N-ethyl adjacent to an activating group) is 1. The molecule has 2 aromatic rings. The number of fused-ring (bicyclic) bond motifs is 1. The van der Waals surface area contributed by atoms with Crippen LogP contribution in [0.3, 0.4) is 0 Å². The molecule has 0 saturated carbocycles. The topological polar surface area (TPSA) is 34.2 Å². The molecule has 2 aliphatic heterocycles. The summed E-state index contributed by atoms with van der Waals surface area (Å²) in [4.78, 5) is 4.84. The first kappa shape index (κ1) is 21.2. The minimum atomic E-state index is 0.131. The number of nitrogens with zero attached hydrogens (tertiary/aromatic N) is 2. The third-order valence-corrected chi connectivity index (χ3v) is 6.28. The van der Waals surface area contributed by atoms with Crippen LogP contribution in [0.2, 0.25) is 0 Å². The van der Waals surface area contributed by atoms with E-state index in [1.54, 1.807) is 7.11 Å². The van der Waals surface area contributed by atoms with Crippen LogP contribution in [0.25, 0.3) is 0 Å². The van der Waals surface area contributed by atoms with Crippen LogP contribution in [-0.4, -0.2) is 69.0 Å². The first-order chi connectivity index (χ1) is 14.5. The van der Waals surface area contributed by atoms with Gasteiger partial charge in [-0.05, 0) is 61.9 Å². The van der Waals surface area contributed by atoms with E-state index in [1.807, 2.05) is 12.1 Å². The fourth-order valence-electron chi connectivity index (χ4n) is 4.54. The van der Waals surface area contributed by atoms with Crippen LogP contribution in [0.15, 0.2) is 42.5 Å². The summed E-state index contributed by atoms with van der Waals surface area (Å²) in [5.74, 6) is 2.19. The Kier molecular flexibility index (Phi) is 6.61. The summed E-state index contributed by atoms with van der Waals surface area (Å²) in [6, 6.07) is 15.6. The van der Waals surface area contributed by atoms with Crippen LogP contribution in [0.4, 0.5) is 0 Å². The normalized spacial score (nSPS) is 22.7. The van der Waals surface area contributed by atoms with E-state index >= 15 is 0 Å². The van der Waals surface area contributed by atoms with E-state index in [4.69, 9.17) is 14.2 Å². The molecule has 1 saturated heterocycles. The molecule has 162 valence electrons. The van der Waals surface area contributed by atoms with Gasteiger partial charge in [0, 0.05) is 38.1 Å². The second kappa shape index (κ2) is 9.38. The fraction of sp³-hybridized carbons (Fsp3) is 0.520. The number of methoxy groups -OCH3 is 1. The van der Waals surface area contributed by atoms with Gasteiger partial charge in [0.15, 0.2) is 0 Å². The van der Waals surface area contributed by atoms with Gasteiger partial charge < -0.3 is 19.1 Å². The van der Waals surface area contributed by atoms with Crippen molar-refractivity contribution in [3.05, 3.63) is 59.2 Å². The molecule has 2 aliphatic rings. The maximum Gasteiger partial charge on any atom is 0.119 e. The molecule has 0 spiro atoms. The molecule has 5 heteroatoms. The van der Waals surface area contributed by atoms with Crippen molar-refractivity contribution in [2.75, 3.05) is 47.0 Å². The Bertz CT molecular complexity index is 837. The average Bonchev–Trinajstić information content (AvgIpc) is 2.77. The lowest BCUT2D eigenvalue weighted by molar-refractivity contribution is -0.0564. The lowest BCUT2D eigenvalue weighted by Gasteiger charge is -2.35. The van der Waals surface area contributed by atoms with Crippen molar-refractivity contribution in [3.63, 3.8) is 0 Å². The van der Waals surface area contributed by atoms with Crippen molar-refractivity contribution in [2.24, 2.45) is 0 Å². The highest BCUT2D eigenvalue weighted by Crippen LogP contribution is 2.35. The molecule has 30 heavy (non-hydrogen) atoms. The van der Waals surface area contributed by atoms with Crippen molar-refractivity contribution in [2.45, 2.75) is 38.5 Å². The Hall–Kier alpha value is -2.08. The zero-order valence-electron chi connectivity index (χ0n) is 18.6. The van der Waals surface area contributed by atoms with E-state index in [0.717, 1.165) is 44.3 Å². The number of hydrogen-bond donors (Lipinski definition) is 0. The van der Waals surface area contributed by atoms with Crippen molar-refractivity contribution >= 4 is 0 Å². The molecule has 1 unspecified atom stereocenters. The van der Waals surface area contributed by atoms with Gasteiger partial charge in [-0.1, -0.05) is 18.2 Å². The minimum absolute atomic E-state index is 0.131. The smallest absolute Gasteiger partial charge is 0.119 e. The number of benzene rings is 2. The first-order valence-electron chi connectivity index (χ1n) is 11.0. The highest BCUT2D eigenvalue weighted by molar-refractivity contribution is 5.45. The minimum Gasteiger partial charge on any atom is -0.497 e. The predicted octanol–water partition coefficient (Wildman–Crippen LogP) is 3.76. The molecular weight excluding hydrogens is 376 g/mol. The number of morpholine rings is 1. The Morgan fingerprint density at radius 1 is 1.07 bits per heavy atom. The zero-order chi connectivity index (χ0) is 21.1. The molecule has 1 fully saturated rings. The molecular formula is C25H34N2O3. The Morgan fingerprint density at radius 3 is 2.57 bits per heavy atom. The highest BCUT2D eigenvalue weighted by atomic mass is 16.5. The predicted molar refractivity (Wildman–Crippen MR) is 120 cm³/mol. The number of ether oxygens (including phenoxy) is 3. The van der Waals surface area contributed by atoms with Gasteiger partial charge in [-0.3, -0.25) is 4.90 Å². The van der Waals surface area contributed by atoms with E-state index in [2.05, 4.69) is 61.0 Å². The standard InChI is InChI=1S/C25H34N2O3/c1-18(2)27-11-12-29-23(15-27)17-30-22-9-10-24-20(13-22)14-26(3)16-25(24)19-5-7-21(28-4)8-6-19/h5-10,13,18,23,25H,11-12,14-17H2,1-4H3/t23-,25?/m1/s1. The van der Waals surface area contributed by atoms with Crippen molar-refractivity contribution < 1.29 is 14.2 Å². The van der Waals surface area contributed by atoms with Gasteiger partial charge in [0.1, 0.15) is 24.2 Å². The van der Waals surface area contributed by atoms with E-state index < -0.39 is 0 Å².